The van der Waals surface area contributed by atoms with Gasteiger partial charge in [0.15, 0.2) is 11.5 Å². The molecule has 0 spiro atoms. The monoisotopic (exact) mass is 336 g/mol. The summed E-state index contributed by atoms with van der Waals surface area (Å²) in [6, 6.07) is 4.57. The summed E-state index contributed by atoms with van der Waals surface area (Å²) in [4.78, 5) is 0.189. The van der Waals surface area contributed by atoms with Crippen molar-refractivity contribution < 1.29 is 17.9 Å². The number of methoxy groups -OCH3 is 2. The highest BCUT2D eigenvalue weighted by molar-refractivity contribution is 7.89. The molecule has 1 aromatic rings. The smallest absolute Gasteiger partial charge is 0.240 e. The zero-order chi connectivity index (χ0) is 14.6. The van der Waals surface area contributed by atoms with E-state index in [2.05, 4.69) is 10.0 Å². The van der Waals surface area contributed by atoms with E-state index in [0.717, 1.165) is 25.9 Å². The maximum absolute atomic E-state index is 12.3. The van der Waals surface area contributed by atoms with Crippen LogP contribution in [-0.4, -0.2) is 41.8 Å². The molecule has 0 saturated carbocycles. The van der Waals surface area contributed by atoms with E-state index < -0.39 is 10.0 Å². The molecule has 0 bridgehead atoms. The topological polar surface area (TPSA) is 76.7 Å². The zero-order valence-corrected chi connectivity index (χ0v) is 13.7. The summed E-state index contributed by atoms with van der Waals surface area (Å²) in [6.45, 7) is 1.66. The lowest BCUT2D eigenvalue weighted by Gasteiger charge is -2.23. The highest BCUT2D eigenvalue weighted by Gasteiger charge is 2.22. The minimum atomic E-state index is -3.53. The van der Waals surface area contributed by atoms with Crippen LogP contribution < -0.4 is 19.5 Å². The number of nitrogens with one attached hydrogen (secondary N) is 2. The van der Waals surface area contributed by atoms with Crippen molar-refractivity contribution in [3.63, 3.8) is 0 Å². The number of sulfonamides is 1. The van der Waals surface area contributed by atoms with Crippen LogP contribution in [-0.2, 0) is 10.0 Å². The number of rotatable bonds is 5. The average Bonchev–Trinajstić information content (AvgIpc) is 2.47. The van der Waals surface area contributed by atoms with Crippen molar-refractivity contribution in [2.24, 2.45) is 0 Å². The second-order valence-electron chi connectivity index (χ2n) is 4.66. The average molecular weight is 337 g/mol. The number of piperidine rings is 1. The van der Waals surface area contributed by atoms with E-state index in [0.29, 0.717) is 11.5 Å². The number of hydrogen-bond donors (Lipinski definition) is 2. The van der Waals surface area contributed by atoms with Gasteiger partial charge < -0.3 is 14.8 Å². The van der Waals surface area contributed by atoms with E-state index in [1.807, 2.05) is 0 Å². The first-order valence-corrected chi connectivity index (χ1v) is 8.00. The number of halogens is 1. The van der Waals surface area contributed by atoms with Crippen molar-refractivity contribution in [3.8, 4) is 11.5 Å². The Labute approximate surface area is 131 Å². The quantitative estimate of drug-likeness (QED) is 0.843. The molecule has 120 valence electrons. The SMILES string of the molecule is COc1ccc(S(=O)(=O)NC2CCNCC2)cc1OC.Cl. The summed E-state index contributed by atoms with van der Waals surface area (Å²) in [6.07, 6.45) is 1.60. The van der Waals surface area contributed by atoms with Crippen molar-refractivity contribution in [1.82, 2.24) is 10.0 Å². The number of hydrogen-bond acceptors (Lipinski definition) is 5. The maximum Gasteiger partial charge on any atom is 0.240 e. The van der Waals surface area contributed by atoms with Crippen molar-refractivity contribution >= 4 is 22.4 Å². The summed E-state index contributed by atoms with van der Waals surface area (Å²) in [5.41, 5.74) is 0. The Bertz CT molecular complexity index is 559. The van der Waals surface area contributed by atoms with Gasteiger partial charge in [-0.2, -0.15) is 0 Å². The Morgan fingerprint density at radius 1 is 1.14 bits per heavy atom. The van der Waals surface area contributed by atoms with Gasteiger partial charge in [-0.15, -0.1) is 12.4 Å². The predicted octanol–water partition coefficient (Wildman–Crippen LogP) is 1.16. The third-order valence-electron chi connectivity index (χ3n) is 3.33. The van der Waals surface area contributed by atoms with E-state index in [4.69, 9.17) is 9.47 Å². The second kappa shape index (κ2) is 7.84. The molecule has 2 N–H and O–H groups in total. The molecule has 0 unspecified atom stereocenters. The van der Waals surface area contributed by atoms with Gasteiger partial charge in [0.1, 0.15) is 0 Å². The van der Waals surface area contributed by atoms with Crippen LogP contribution in [0.25, 0.3) is 0 Å². The van der Waals surface area contributed by atoms with Crippen molar-refractivity contribution in [2.75, 3.05) is 27.3 Å². The van der Waals surface area contributed by atoms with Gasteiger partial charge in [0, 0.05) is 12.1 Å². The Morgan fingerprint density at radius 3 is 2.33 bits per heavy atom. The summed E-state index contributed by atoms with van der Waals surface area (Å²) in [5.74, 6) is 0.911. The van der Waals surface area contributed by atoms with Crippen LogP contribution in [0.3, 0.4) is 0 Å². The molecule has 0 aliphatic carbocycles. The molecule has 0 aromatic heterocycles. The van der Waals surface area contributed by atoms with Crippen LogP contribution in [0.2, 0.25) is 0 Å². The fourth-order valence-corrected chi connectivity index (χ4v) is 3.53. The van der Waals surface area contributed by atoms with Crippen molar-refractivity contribution in [1.29, 1.82) is 0 Å². The minimum absolute atomic E-state index is 0. The Morgan fingerprint density at radius 2 is 1.76 bits per heavy atom. The van der Waals surface area contributed by atoms with Crippen LogP contribution in [0, 0.1) is 0 Å². The molecular weight excluding hydrogens is 316 g/mol. The van der Waals surface area contributed by atoms with Crippen LogP contribution in [0.4, 0.5) is 0 Å². The highest BCUT2D eigenvalue weighted by atomic mass is 35.5. The summed E-state index contributed by atoms with van der Waals surface area (Å²) < 4.78 is 37.7. The van der Waals surface area contributed by atoms with Gasteiger partial charge >= 0.3 is 0 Å². The first kappa shape index (κ1) is 18.0. The Hall–Kier alpha value is -1.02. The van der Waals surface area contributed by atoms with Gasteiger partial charge in [-0.3, -0.25) is 0 Å². The van der Waals surface area contributed by atoms with Crippen molar-refractivity contribution in [3.05, 3.63) is 18.2 Å². The zero-order valence-electron chi connectivity index (χ0n) is 12.1. The lowest BCUT2D eigenvalue weighted by molar-refractivity contribution is 0.353. The first-order valence-electron chi connectivity index (χ1n) is 6.52. The van der Waals surface area contributed by atoms with E-state index in [1.165, 1.54) is 26.4 Å². The lowest BCUT2D eigenvalue weighted by Crippen LogP contribution is -2.42. The van der Waals surface area contributed by atoms with E-state index in [1.54, 1.807) is 6.07 Å². The minimum Gasteiger partial charge on any atom is -0.493 e. The summed E-state index contributed by atoms with van der Waals surface area (Å²) in [5, 5.41) is 3.20. The summed E-state index contributed by atoms with van der Waals surface area (Å²) in [7, 11) is -0.537. The molecule has 21 heavy (non-hydrogen) atoms. The highest BCUT2D eigenvalue weighted by Crippen LogP contribution is 2.29. The third kappa shape index (κ3) is 4.47. The van der Waals surface area contributed by atoms with E-state index >= 15 is 0 Å². The molecular formula is C13H21ClN2O4S. The molecule has 0 amide bonds. The first-order chi connectivity index (χ1) is 9.56. The predicted molar refractivity (Wildman–Crippen MR) is 83.0 cm³/mol. The standard InChI is InChI=1S/C13H20N2O4S.ClH/c1-18-12-4-3-11(9-13(12)19-2)20(16,17)15-10-5-7-14-8-6-10;/h3-4,9-10,14-15H,5-8H2,1-2H3;1H. The molecule has 1 heterocycles. The van der Waals surface area contributed by atoms with Crippen LogP contribution >= 0.6 is 12.4 Å². The molecule has 1 aliphatic heterocycles. The number of ether oxygens (including phenoxy) is 2. The molecule has 0 radical (unpaired) electrons. The molecule has 0 atom stereocenters. The second-order valence-corrected chi connectivity index (χ2v) is 6.38. The Kier molecular flexibility index (Phi) is 6.73. The van der Waals surface area contributed by atoms with Gasteiger partial charge in [-0.25, -0.2) is 13.1 Å². The third-order valence-corrected chi connectivity index (χ3v) is 4.84. The van der Waals surface area contributed by atoms with Crippen LogP contribution in [0.1, 0.15) is 12.8 Å². The van der Waals surface area contributed by atoms with Gasteiger partial charge in [-0.05, 0) is 38.1 Å². The molecule has 1 aliphatic rings. The summed E-state index contributed by atoms with van der Waals surface area (Å²) >= 11 is 0. The van der Waals surface area contributed by atoms with Gasteiger partial charge in [-0.1, -0.05) is 0 Å². The van der Waals surface area contributed by atoms with Crippen LogP contribution in [0.5, 0.6) is 11.5 Å². The Balaban J connectivity index is 0.00000220. The molecule has 8 heteroatoms. The normalized spacial score (nSPS) is 16.1. The van der Waals surface area contributed by atoms with Gasteiger partial charge in [0.25, 0.3) is 0 Å². The molecule has 1 saturated heterocycles. The lowest BCUT2D eigenvalue weighted by atomic mass is 10.1. The van der Waals surface area contributed by atoms with Gasteiger partial charge in [0.05, 0.1) is 19.1 Å². The van der Waals surface area contributed by atoms with Crippen molar-refractivity contribution in [2.45, 2.75) is 23.8 Å². The molecule has 1 fully saturated rings. The van der Waals surface area contributed by atoms with Gasteiger partial charge in [0.2, 0.25) is 10.0 Å². The largest absolute Gasteiger partial charge is 0.493 e. The maximum atomic E-state index is 12.3. The van der Waals surface area contributed by atoms with E-state index in [-0.39, 0.29) is 23.3 Å². The number of benzene rings is 1. The van der Waals surface area contributed by atoms with Crippen LogP contribution in [0.15, 0.2) is 23.1 Å². The molecule has 6 nitrogen and oxygen atoms in total. The van der Waals surface area contributed by atoms with E-state index in [9.17, 15) is 8.42 Å². The fraction of sp³-hybridized carbons (Fsp3) is 0.538. The fourth-order valence-electron chi connectivity index (χ4n) is 2.21. The molecule has 1 aromatic carbocycles. The molecule has 2 rings (SSSR count).